The maximum Gasteiger partial charge on any atom is 0.251 e. The first-order valence-corrected chi connectivity index (χ1v) is 8.59. The van der Waals surface area contributed by atoms with Gasteiger partial charge in [-0.1, -0.05) is 17.7 Å². The molecule has 0 aliphatic rings. The topological polar surface area (TPSA) is 62.5 Å². The average molecular weight is 341 g/mol. The summed E-state index contributed by atoms with van der Waals surface area (Å²) in [4.78, 5) is 12.6. The van der Waals surface area contributed by atoms with Crippen LogP contribution >= 0.6 is 11.3 Å². The molecular formula is C19H19NO3S. The van der Waals surface area contributed by atoms with Crippen molar-refractivity contribution >= 4 is 17.2 Å². The number of hydrogen-bond donors (Lipinski definition) is 2. The Bertz CT molecular complexity index is 788. The Balaban J connectivity index is 1.85. The lowest BCUT2D eigenvalue weighted by Crippen LogP contribution is -2.41. The van der Waals surface area contributed by atoms with Crippen molar-refractivity contribution in [3.05, 3.63) is 81.4 Å². The fraction of sp³-hybridized carbons (Fsp3) is 0.211. The molecule has 0 saturated carbocycles. The van der Waals surface area contributed by atoms with E-state index in [4.69, 9.17) is 4.42 Å². The standard InChI is InChI=1S/C19H19NO3S/c1-13-5-6-14(2)16(10-13)18(21)20-12-19(22,15-7-9-24-11-15)17-4-3-8-23-17/h3-11,22H,12H2,1-2H3,(H,20,21). The normalized spacial score (nSPS) is 13.5. The number of thiophene rings is 1. The van der Waals surface area contributed by atoms with Crippen LogP contribution < -0.4 is 5.32 Å². The molecule has 4 nitrogen and oxygen atoms in total. The van der Waals surface area contributed by atoms with Crippen molar-refractivity contribution in [2.75, 3.05) is 6.54 Å². The minimum atomic E-state index is -1.39. The van der Waals surface area contributed by atoms with Gasteiger partial charge >= 0.3 is 0 Å². The second-order valence-electron chi connectivity index (χ2n) is 5.85. The molecular weight excluding hydrogens is 322 g/mol. The first-order chi connectivity index (χ1) is 11.5. The molecule has 2 heterocycles. The maximum absolute atomic E-state index is 12.6. The Hall–Kier alpha value is -2.37. The van der Waals surface area contributed by atoms with E-state index < -0.39 is 5.60 Å². The van der Waals surface area contributed by atoms with Crippen LogP contribution in [0.3, 0.4) is 0 Å². The van der Waals surface area contributed by atoms with Crippen molar-refractivity contribution in [2.24, 2.45) is 0 Å². The van der Waals surface area contributed by atoms with Gasteiger partial charge in [-0.05, 0) is 54.4 Å². The maximum atomic E-state index is 12.6. The lowest BCUT2D eigenvalue weighted by Gasteiger charge is -2.26. The number of carbonyl (C=O) groups excluding carboxylic acids is 1. The van der Waals surface area contributed by atoms with Crippen LogP contribution in [0.5, 0.6) is 0 Å². The Labute approximate surface area is 144 Å². The number of benzene rings is 1. The number of rotatable bonds is 5. The zero-order valence-electron chi connectivity index (χ0n) is 13.6. The van der Waals surface area contributed by atoms with E-state index >= 15 is 0 Å². The van der Waals surface area contributed by atoms with E-state index in [0.29, 0.717) is 16.9 Å². The number of amides is 1. The van der Waals surface area contributed by atoms with E-state index in [0.717, 1.165) is 11.1 Å². The zero-order chi connectivity index (χ0) is 17.2. The van der Waals surface area contributed by atoms with E-state index in [2.05, 4.69) is 5.32 Å². The van der Waals surface area contributed by atoms with Gasteiger partial charge in [-0.25, -0.2) is 0 Å². The van der Waals surface area contributed by atoms with Crippen LogP contribution in [-0.4, -0.2) is 17.6 Å². The van der Waals surface area contributed by atoms with Gasteiger partial charge in [0.25, 0.3) is 5.91 Å². The molecule has 0 spiro atoms. The van der Waals surface area contributed by atoms with Gasteiger partial charge in [0.15, 0.2) is 5.60 Å². The molecule has 24 heavy (non-hydrogen) atoms. The van der Waals surface area contributed by atoms with Gasteiger partial charge in [0.2, 0.25) is 0 Å². The molecule has 1 amide bonds. The Morgan fingerprint density at radius 3 is 2.79 bits per heavy atom. The van der Waals surface area contributed by atoms with Gasteiger partial charge in [0.05, 0.1) is 12.8 Å². The van der Waals surface area contributed by atoms with Gasteiger partial charge in [0.1, 0.15) is 5.76 Å². The van der Waals surface area contributed by atoms with Gasteiger partial charge in [-0.2, -0.15) is 11.3 Å². The SMILES string of the molecule is Cc1ccc(C)c(C(=O)NCC(O)(c2ccsc2)c2ccco2)c1. The highest BCUT2D eigenvalue weighted by Crippen LogP contribution is 2.31. The third kappa shape index (κ3) is 3.13. The van der Waals surface area contributed by atoms with Crippen molar-refractivity contribution in [1.29, 1.82) is 0 Å². The highest BCUT2D eigenvalue weighted by Gasteiger charge is 2.35. The summed E-state index contributed by atoms with van der Waals surface area (Å²) in [7, 11) is 0. The molecule has 1 unspecified atom stereocenters. The molecule has 2 aromatic heterocycles. The van der Waals surface area contributed by atoms with Gasteiger partial charge < -0.3 is 14.8 Å². The van der Waals surface area contributed by atoms with Crippen LogP contribution in [-0.2, 0) is 5.60 Å². The smallest absolute Gasteiger partial charge is 0.251 e. The largest absolute Gasteiger partial charge is 0.466 e. The molecule has 124 valence electrons. The second kappa shape index (κ2) is 6.63. The molecule has 5 heteroatoms. The minimum Gasteiger partial charge on any atom is -0.466 e. The summed E-state index contributed by atoms with van der Waals surface area (Å²) in [5, 5.41) is 17.7. The number of carbonyl (C=O) groups is 1. The molecule has 1 aromatic carbocycles. The summed E-state index contributed by atoms with van der Waals surface area (Å²) < 4.78 is 5.41. The molecule has 0 radical (unpaired) electrons. The van der Waals surface area contributed by atoms with Crippen molar-refractivity contribution < 1.29 is 14.3 Å². The van der Waals surface area contributed by atoms with Gasteiger partial charge in [0, 0.05) is 11.1 Å². The summed E-state index contributed by atoms with van der Waals surface area (Å²) in [5.41, 5.74) is 1.84. The third-order valence-corrected chi connectivity index (χ3v) is 4.75. The van der Waals surface area contributed by atoms with Crippen LogP contribution in [0.1, 0.15) is 32.8 Å². The van der Waals surface area contributed by atoms with Crippen molar-refractivity contribution in [3.8, 4) is 0 Å². The molecule has 0 aliphatic heterocycles. The fourth-order valence-electron chi connectivity index (χ4n) is 2.63. The first kappa shape index (κ1) is 16.5. The van der Waals surface area contributed by atoms with Gasteiger partial charge in [-0.15, -0.1) is 0 Å². The summed E-state index contributed by atoms with van der Waals surface area (Å²) in [6.45, 7) is 3.87. The molecule has 0 aliphatic carbocycles. The van der Waals surface area contributed by atoms with E-state index in [-0.39, 0.29) is 12.5 Å². The Kier molecular flexibility index (Phi) is 4.55. The third-order valence-electron chi connectivity index (χ3n) is 4.07. The van der Waals surface area contributed by atoms with Gasteiger partial charge in [-0.3, -0.25) is 4.79 Å². The molecule has 0 saturated heterocycles. The van der Waals surface area contributed by atoms with E-state index in [9.17, 15) is 9.90 Å². The zero-order valence-corrected chi connectivity index (χ0v) is 14.4. The van der Waals surface area contributed by atoms with Crippen LogP contribution in [0.2, 0.25) is 0 Å². The molecule has 0 bridgehead atoms. The minimum absolute atomic E-state index is 0.0312. The van der Waals surface area contributed by atoms with Crippen molar-refractivity contribution in [2.45, 2.75) is 19.4 Å². The fourth-order valence-corrected chi connectivity index (χ4v) is 3.35. The van der Waals surface area contributed by atoms with E-state index in [1.165, 1.54) is 17.6 Å². The van der Waals surface area contributed by atoms with Crippen LogP contribution in [0.25, 0.3) is 0 Å². The average Bonchev–Trinajstić information content (AvgIpc) is 3.28. The molecule has 3 aromatic rings. The number of aliphatic hydroxyl groups is 1. The first-order valence-electron chi connectivity index (χ1n) is 7.65. The molecule has 0 fully saturated rings. The Morgan fingerprint density at radius 1 is 1.29 bits per heavy atom. The summed E-state index contributed by atoms with van der Waals surface area (Å²) in [6.07, 6.45) is 1.51. The monoisotopic (exact) mass is 341 g/mol. The summed E-state index contributed by atoms with van der Waals surface area (Å²) in [5.74, 6) is 0.193. The van der Waals surface area contributed by atoms with Crippen molar-refractivity contribution in [1.82, 2.24) is 5.32 Å². The predicted molar refractivity (Wildman–Crippen MR) is 94.3 cm³/mol. The van der Waals surface area contributed by atoms with Crippen LogP contribution in [0.15, 0.2) is 57.8 Å². The Morgan fingerprint density at radius 2 is 2.12 bits per heavy atom. The quantitative estimate of drug-likeness (QED) is 0.745. The molecule has 1 atom stereocenters. The number of furan rings is 1. The number of nitrogens with one attached hydrogen (secondary N) is 1. The van der Waals surface area contributed by atoms with Crippen LogP contribution in [0.4, 0.5) is 0 Å². The highest BCUT2D eigenvalue weighted by atomic mass is 32.1. The van der Waals surface area contributed by atoms with E-state index in [1.807, 2.05) is 48.9 Å². The highest BCUT2D eigenvalue weighted by molar-refractivity contribution is 7.08. The summed E-state index contributed by atoms with van der Waals surface area (Å²) >= 11 is 1.48. The second-order valence-corrected chi connectivity index (χ2v) is 6.63. The number of hydrogen-bond acceptors (Lipinski definition) is 4. The van der Waals surface area contributed by atoms with E-state index in [1.54, 1.807) is 12.1 Å². The number of aryl methyl sites for hydroxylation is 2. The lowest BCUT2D eigenvalue weighted by molar-refractivity contribution is 0.0528. The van der Waals surface area contributed by atoms with Crippen molar-refractivity contribution in [3.63, 3.8) is 0 Å². The van der Waals surface area contributed by atoms with Crippen LogP contribution in [0, 0.1) is 13.8 Å². The molecule has 2 N–H and O–H groups in total. The predicted octanol–water partition coefficient (Wildman–Crippen LogP) is 3.62. The molecule has 3 rings (SSSR count). The lowest BCUT2D eigenvalue weighted by atomic mass is 9.93. The summed E-state index contributed by atoms with van der Waals surface area (Å²) in [6, 6.07) is 11.0.